The summed E-state index contributed by atoms with van der Waals surface area (Å²) in [7, 11) is -3.92. The number of hydrogen-bond donors (Lipinski definition) is 1. The number of carbonyl (C=O) groups is 2. The smallest absolute Gasteiger partial charge is 0.324 e. The Hall–Kier alpha value is -1.09. The van der Waals surface area contributed by atoms with Crippen LogP contribution < -0.4 is 4.72 Å². The highest BCUT2D eigenvalue weighted by Crippen LogP contribution is 2.17. The van der Waals surface area contributed by atoms with E-state index < -0.39 is 27.4 Å². The van der Waals surface area contributed by atoms with Crippen molar-refractivity contribution in [2.45, 2.75) is 38.1 Å². The molecule has 1 aromatic rings. The van der Waals surface area contributed by atoms with Gasteiger partial charge in [-0.05, 0) is 42.7 Å². The van der Waals surface area contributed by atoms with Gasteiger partial charge in [-0.3, -0.25) is 9.59 Å². The van der Waals surface area contributed by atoms with Crippen LogP contribution in [-0.4, -0.2) is 44.8 Å². The summed E-state index contributed by atoms with van der Waals surface area (Å²) in [6, 6.07) is 4.53. The second-order valence-electron chi connectivity index (χ2n) is 6.69. The van der Waals surface area contributed by atoms with E-state index in [-0.39, 0.29) is 23.7 Å². The number of ketones is 1. The number of benzene rings is 1. The Morgan fingerprint density at radius 1 is 1.23 bits per heavy atom. The van der Waals surface area contributed by atoms with E-state index in [1.807, 2.05) is 6.26 Å². The molecule has 146 valence electrons. The van der Waals surface area contributed by atoms with E-state index in [1.54, 1.807) is 20.8 Å². The molecule has 1 atom stereocenters. The van der Waals surface area contributed by atoms with Gasteiger partial charge in [0.2, 0.25) is 10.0 Å². The van der Waals surface area contributed by atoms with Gasteiger partial charge in [0.05, 0.1) is 4.90 Å². The fourth-order valence-electron chi connectivity index (χ4n) is 1.78. The van der Waals surface area contributed by atoms with Gasteiger partial charge in [0, 0.05) is 10.4 Å². The van der Waals surface area contributed by atoms with E-state index in [2.05, 4.69) is 4.72 Å². The van der Waals surface area contributed by atoms with Gasteiger partial charge in [-0.15, -0.1) is 0 Å². The molecular formula is C17H24ClNO5S2. The van der Waals surface area contributed by atoms with Crippen molar-refractivity contribution in [1.82, 2.24) is 4.72 Å². The van der Waals surface area contributed by atoms with Gasteiger partial charge < -0.3 is 4.74 Å². The largest absolute Gasteiger partial charge is 0.456 e. The minimum absolute atomic E-state index is 0.00498. The van der Waals surface area contributed by atoms with Crippen LogP contribution in [0, 0.1) is 5.41 Å². The monoisotopic (exact) mass is 421 g/mol. The number of thioether (sulfide) groups is 1. The molecule has 26 heavy (non-hydrogen) atoms. The third-order valence-electron chi connectivity index (χ3n) is 3.50. The number of sulfonamides is 1. The number of halogens is 1. The van der Waals surface area contributed by atoms with Crippen LogP contribution in [-0.2, 0) is 24.3 Å². The van der Waals surface area contributed by atoms with Crippen LogP contribution in [0.5, 0.6) is 0 Å². The lowest BCUT2D eigenvalue weighted by Gasteiger charge is -2.20. The molecule has 0 amide bonds. The Bertz CT molecular complexity index is 727. The zero-order valence-corrected chi connectivity index (χ0v) is 17.6. The quantitative estimate of drug-likeness (QED) is 0.616. The molecule has 0 spiro atoms. The summed E-state index contributed by atoms with van der Waals surface area (Å²) in [5, 5.41) is 0.406. The summed E-state index contributed by atoms with van der Waals surface area (Å²) in [5.74, 6) is -0.458. The predicted molar refractivity (Wildman–Crippen MR) is 104 cm³/mol. The Labute approximate surface area is 164 Å². The van der Waals surface area contributed by atoms with Crippen LogP contribution in [0.1, 0.15) is 27.2 Å². The summed E-state index contributed by atoms with van der Waals surface area (Å²) in [6.45, 7) is 4.77. The molecule has 0 heterocycles. The number of nitrogens with one attached hydrogen (secondary N) is 1. The van der Waals surface area contributed by atoms with Crippen molar-refractivity contribution in [3.63, 3.8) is 0 Å². The lowest BCUT2D eigenvalue weighted by molar-refractivity contribution is -0.151. The number of ether oxygens (including phenoxy) is 1. The van der Waals surface area contributed by atoms with Crippen LogP contribution in [0.3, 0.4) is 0 Å². The zero-order chi connectivity index (χ0) is 20.0. The van der Waals surface area contributed by atoms with Gasteiger partial charge in [0.1, 0.15) is 6.04 Å². The van der Waals surface area contributed by atoms with E-state index in [1.165, 1.54) is 36.0 Å². The fraction of sp³-hybridized carbons (Fsp3) is 0.529. The summed E-state index contributed by atoms with van der Waals surface area (Å²) in [6.07, 6.45) is 2.09. The number of Topliss-reactive ketones (excluding diaryl/α,β-unsaturated/α-hetero) is 1. The number of esters is 1. The molecule has 0 aliphatic heterocycles. The van der Waals surface area contributed by atoms with Crippen molar-refractivity contribution in [2.75, 3.05) is 18.6 Å². The standard InChI is InChI=1S/C17H24ClNO5S2/c1-17(2,3)15(20)11-24-16(21)14(9-10-25-4)19-26(22,23)13-7-5-12(18)6-8-13/h5-8,14,19H,9-11H2,1-4H3. The van der Waals surface area contributed by atoms with Gasteiger partial charge in [0.25, 0.3) is 0 Å². The third kappa shape index (κ3) is 7.26. The Kier molecular flexibility index (Phi) is 8.59. The maximum absolute atomic E-state index is 12.5. The lowest BCUT2D eigenvalue weighted by Crippen LogP contribution is -2.43. The van der Waals surface area contributed by atoms with E-state index >= 15 is 0 Å². The molecule has 0 bridgehead atoms. The van der Waals surface area contributed by atoms with Crippen molar-refractivity contribution >= 4 is 45.1 Å². The first-order chi connectivity index (χ1) is 12.0. The Morgan fingerprint density at radius 2 is 1.81 bits per heavy atom. The minimum atomic E-state index is -3.92. The van der Waals surface area contributed by atoms with E-state index in [0.29, 0.717) is 10.8 Å². The maximum Gasteiger partial charge on any atom is 0.324 e. The first kappa shape index (κ1) is 23.0. The second kappa shape index (κ2) is 9.73. The fourth-order valence-corrected chi connectivity index (χ4v) is 3.60. The highest BCUT2D eigenvalue weighted by molar-refractivity contribution is 7.98. The lowest BCUT2D eigenvalue weighted by atomic mass is 9.91. The van der Waals surface area contributed by atoms with E-state index in [9.17, 15) is 18.0 Å². The van der Waals surface area contributed by atoms with E-state index in [4.69, 9.17) is 16.3 Å². The van der Waals surface area contributed by atoms with Crippen molar-refractivity contribution in [3.05, 3.63) is 29.3 Å². The molecule has 0 saturated heterocycles. The molecular weight excluding hydrogens is 398 g/mol. The van der Waals surface area contributed by atoms with Crippen molar-refractivity contribution in [1.29, 1.82) is 0 Å². The summed E-state index contributed by atoms with van der Waals surface area (Å²) >= 11 is 7.24. The summed E-state index contributed by atoms with van der Waals surface area (Å²) < 4.78 is 32.4. The third-order valence-corrected chi connectivity index (χ3v) is 5.88. The average Bonchev–Trinajstić information content (AvgIpc) is 2.55. The molecule has 0 aliphatic carbocycles. The molecule has 0 aliphatic rings. The van der Waals surface area contributed by atoms with E-state index in [0.717, 1.165) is 0 Å². The molecule has 0 radical (unpaired) electrons. The topological polar surface area (TPSA) is 89.5 Å². The highest BCUT2D eigenvalue weighted by Gasteiger charge is 2.29. The normalized spacial score (nSPS) is 13.3. The molecule has 0 aromatic heterocycles. The van der Waals surface area contributed by atoms with Gasteiger partial charge in [-0.1, -0.05) is 32.4 Å². The molecule has 6 nitrogen and oxygen atoms in total. The first-order valence-electron chi connectivity index (χ1n) is 7.94. The summed E-state index contributed by atoms with van der Waals surface area (Å²) in [5.41, 5.74) is -0.641. The molecule has 0 saturated carbocycles. The molecule has 1 rings (SSSR count). The van der Waals surface area contributed by atoms with Gasteiger partial charge in [-0.25, -0.2) is 8.42 Å². The average molecular weight is 422 g/mol. The number of carbonyl (C=O) groups excluding carboxylic acids is 2. The Balaban J connectivity index is 2.86. The zero-order valence-electron chi connectivity index (χ0n) is 15.2. The molecule has 1 N–H and O–H groups in total. The summed E-state index contributed by atoms with van der Waals surface area (Å²) in [4.78, 5) is 24.2. The van der Waals surface area contributed by atoms with Crippen molar-refractivity contribution in [3.8, 4) is 0 Å². The van der Waals surface area contributed by atoms with Gasteiger partial charge in [0.15, 0.2) is 12.4 Å². The van der Waals surface area contributed by atoms with Crippen LogP contribution in [0.15, 0.2) is 29.2 Å². The Morgan fingerprint density at radius 3 is 2.31 bits per heavy atom. The van der Waals surface area contributed by atoms with Crippen molar-refractivity contribution < 1.29 is 22.7 Å². The van der Waals surface area contributed by atoms with Crippen LogP contribution in [0.2, 0.25) is 5.02 Å². The number of rotatable bonds is 9. The number of hydrogen-bond acceptors (Lipinski definition) is 6. The first-order valence-corrected chi connectivity index (χ1v) is 11.2. The van der Waals surface area contributed by atoms with Gasteiger partial charge >= 0.3 is 5.97 Å². The molecule has 9 heteroatoms. The predicted octanol–water partition coefficient (Wildman–Crippen LogP) is 2.90. The van der Waals surface area contributed by atoms with Crippen molar-refractivity contribution in [2.24, 2.45) is 5.41 Å². The second-order valence-corrected chi connectivity index (χ2v) is 9.83. The molecule has 1 aromatic carbocycles. The van der Waals surface area contributed by atoms with Crippen LogP contribution in [0.25, 0.3) is 0 Å². The van der Waals surface area contributed by atoms with Gasteiger partial charge in [-0.2, -0.15) is 16.5 Å². The molecule has 1 unspecified atom stereocenters. The van der Waals surface area contributed by atoms with Crippen LogP contribution >= 0.6 is 23.4 Å². The highest BCUT2D eigenvalue weighted by atomic mass is 35.5. The SMILES string of the molecule is CSCCC(NS(=O)(=O)c1ccc(Cl)cc1)C(=O)OCC(=O)C(C)(C)C. The minimum Gasteiger partial charge on any atom is -0.456 e. The van der Waals surface area contributed by atoms with Crippen LogP contribution in [0.4, 0.5) is 0 Å². The molecule has 0 fully saturated rings. The maximum atomic E-state index is 12.5.